The number of aliphatic hydroxyl groups is 2. The predicted molar refractivity (Wildman–Crippen MR) is 48.9 cm³/mol. The molecule has 1 spiro atoms. The average Bonchev–Trinajstić information content (AvgIpc) is 2.88. The largest absolute Gasteiger partial charge is 0.394 e. The number of hydrogen-bond acceptors (Lipinski definition) is 5. The molecule has 0 radical (unpaired) electrons. The molecule has 2 aliphatic heterocycles. The van der Waals surface area contributed by atoms with E-state index in [0.717, 1.165) is 25.7 Å². The van der Waals surface area contributed by atoms with Crippen LogP contribution in [0.1, 0.15) is 25.7 Å². The highest BCUT2D eigenvalue weighted by atomic mass is 16.8. The zero-order valence-electron chi connectivity index (χ0n) is 8.46. The van der Waals surface area contributed by atoms with Gasteiger partial charge in [0.1, 0.15) is 18.3 Å². The van der Waals surface area contributed by atoms with Crippen LogP contribution < -0.4 is 0 Å². The highest BCUT2D eigenvalue weighted by Crippen LogP contribution is 2.45. The smallest absolute Gasteiger partial charge is 0.190 e. The number of aliphatic hydroxyl groups excluding tert-OH is 2. The van der Waals surface area contributed by atoms with Crippen LogP contribution in [0.5, 0.6) is 0 Å². The third-order valence-corrected chi connectivity index (χ3v) is 3.52. The Morgan fingerprint density at radius 1 is 1.20 bits per heavy atom. The van der Waals surface area contributed by atoms with E-state index < -0.39 is 30.4 Å². The van der Waals surface area contributed by atoms with Gasteiger partial charge >= 0.3 is 0 Å². The van der Waals surface area contributed by atoms with Crippen molar-refractivity contribution in [3.63, 3.8) is 0 Å². The van der Waals surface area contributed by atoms with E-state index in [1.807, 2.05) is 0 Å². The van der Waals surface area contributed by atoms with E-state index in [0.29, 0.717) is 0 Å². The van der Waals surface area contributed by atoms with Crippen LogP contribution in [-0.4, -0.2) is 47.2 Å². The Bertz CT molecular complexity index is 250. The second-order valence-electron chi connectivity index (χ2n) is 4.53. The lowest BCUT2D eigenvalue weighted by atomic mass is 10.1. The van der Waals surface area contributed by atoms with E-state index in [4.69, 9.17) is 19.3 Å². The van der Waals surface area contributed by atoms with Crippen LogP contribution in [0.4, 0.5) is 0 Å². The molecule has 1 saturated carbocycles. The molecule has 2 heterocycles. The molecular formula is C10H16O5. The third kappa shape index (κ3) is 1.42. The molecule has 3 rings (SSSR count). The third-order valence-electron chi connectivity index (χ3n) is 3.52. The maximum Gasteiger partial charge on any atom is 0.190 e. The van der Waals surface area contributed by atoms with Crippen LogP contribution in [0.3, 0.4) is 0 Å². The van der Waals surface area contributed by atoms with Gasteiger partial charge in [-0.1, -0.05) is 0 Å². The van der Waals surface area contributed by atoms with E-state index in [2.05, 4.69) is 0 Å². The van der Waals surface area contributed by atoms with Crippen molar-refractivity contribution in [2.75, 3.05) is 6.61 Å². The summed E-state index contributed by atoms with van der Waals surface area (Å²) >= 11 is 0. The van der Waals surface area contributed by atoms with Crippen LogP contribution in [-0.2, 0) is 14.2 Å². The summed E-state index contributed by atoms with van der Waals surface area (Å²) in [5.41, 5.74) is 0. The van der Waals surface area contributed by atoms with Crippen LogP contribution in [0.15, 0.2) is 0 Å². The fourth-order valence-electron chi connectivity index (χ4n) is 2.71. The molecule has 2 N–H and O–H groups in total. The summed E-state index contributed by atoms with van der Waals surface area (Å²) in [5.74, 6) is -0.517. The molecule has 2 saturated heterocycles. The first-order valence-corrected chi connectivity index (χ1v) is 5.54. The first kappa shape index (κ1) is 9.99. The quantitative estimate of drug-likeness (QED) is 0.632. The van der Waals surface area contributed by atoms with Gasteiger partial charge in [0.25, 0.3) is 0 Å². The van der Waals surface area contributed by atoms with Gasteiger partial charge in [-0.25, -0.2) is 0 Å². The molecule has 5 heteroatoms. The van der Waals surface area contributed by atoms with E-state index in [1.165, 1.54) is 0 Å². The molecule has 0 amide bonds. The van der Waals surface area contributed by atoms with Crippen LogP contribution in [0.2, 0.25) is 0 Å². The Morgan fingerprint density at radius 3 is 2.53 bits per heavy atom. The molecule has 3 fully saturated rings. The van der Waals surface area contributed by atoms with Crippen molar-refractivity contribution in [3.8, 4) is 0 Å². The Hall–Kier alpha value is -0.200. The van der Waals surface area contributed by atoms with Crippen molar-refractivity contribution < 1.29 is 24.4 Å². The molecule has 0 aromatic carbocycles. The molecular weight excluding hydrogens is 200 g/mol. The van der Waals surface area contributed by atoms with Crippen molar-refractivity contribution in [2.45, 2.75) is 56.1 Å². The van der Waals surface area contributed by atoms with Crippen molar-refractivity contribution in [2.24, 2.45) is 0 Å². The topological polar surface area (TPSA) is 68.2 Å². The summed E-state index contributed by atoms with van der Waals surface area (Å²) in [6.07, 6.45) is 1.66. The molecule has 1 aliphatic carbocycles. The minimum Gasteiger partial charge on any atom is -0.394 e. The number of rotatable bonds is 1. The maximum atomic E-state index is 9.81. The van der Waals surface area contributed by atoms with Gasteiger partial charge in [-0.2, -0.15) is 0 Å². The fraction of sp³-hybridized carbons (Fsp3) is 1.00. The van der Waals surface area contributed by atoms with Gasteiger partial charge in [-0.15, -0.1) is 0 Å². The lowest BCUT2D eigenvalue weighted by Crippen LogP contribution is -2.37. The first-order valence-electron chi connectivity index (χ1n) is 5.54. The molecule has 5 nitrogen and oxygen atoms in total. The summed E-state index contributed by atoms with van der Waals surface area (Å²) in [4.78, 5) is 0. The standard InChI is InChI=1S/C10H16O5/c11-5-6-7(12)8-9(13-6)15-10(14-8)3-1-2-4-10/h6-9,11-12H,1-5H2/t6-,7+,8-,9?/m1/s1. The molecule has 0 bridgehead atoms. The monoisotopic (exact) mass is 216 g/mol. The molecule has 1 unspecified atom stereocenters. The Balaban J connectivity index is 1.73. The molecule has 3 aliphatic rings. The highest BCUT2D eigenvalue weighted by Gasteiger charge is 2.57. The van der Waals surface area contributed by atoms with Gasteiger partial charge in [0.05, 0.1) is 6.61 Å². The lowest BCUT2D eigenvalue weighted by Gasteiger charge is -2.25. The van der Waals surface area contributed by atoms with E-state index >= 15 is 0 Å². The maximum absolute atomic E-state index is 9.81. The summed E-state index contributed by atoms with van der Waals surface area (Å²) < 4.78 is 16.9. The van der Waals surface area contributed by atoms with Crippen molar-refractivity contribution in [1.29, 1.82) is 0 Å². The zero-order chi connectivity index (χ0) is 10.5. The Kier molecular flexibility index (Phi) is 2.26. The molecule has 4 atom stereocenters. The summed E-state index contributed by atoms with van der Waals surface area (Å²) in [5, 5.41) is 18.8. The molecule has 0 aromatic heterocycles. The van der Waals surface area contributed by atoms with E-state index in [1.54, 1.807) is 0 Å². The van der Waals surface area contributed by atoms with Gasteiger partial charge in [0.15, 0.2) is 12.1 Å². The zero-order valence-corrected chi connectivity index (χ0v) is 8.46. The van der Waals surface area contributed by atoms with Gasteiger partial charge in [0.2, 0.25) is 0 Å². The second-order valence-corrected chi connectivity index (χ2v) is 4.53. The minimum atomic E-state index is -0.778. The molecule has 0 aromatic rings. The normalized spacial score (nSPS) is 47.6. The van der Waals surface area contributed by atoms with Gasteiger partial charge < -0.3 is 24.4 Å². The Morgan fingerprint density at radius 2 is 1.93 bits per heavy atom. The van der Waals surface area contributed by atoms with Crippen molar-refractivity contribution in [3.05, 3.63) is 0 Å². The van der Waals surface area contributed by atoms with E-state index in [9.17, 15) is 5.11 Å². The SMILES string of the molecule is OC[C@H]1OC2OC3(CCCC3)O[C@@H]2[C@H]1O. The minimum absolute atomic E-state index is 0.201. The number of ether oxygens (including phenoxy) is 3. The van der Waals surface area contributed by atoms with Gasteiger partial charge in [-0.05, 0) is 12.8 Å². The van der Waals surface area contributed by atoms with Crippen LogP contribution in [0.25, 0.3) is 0 Å². The second kappa shape index (κ2) is 3.40. The predicted octanol–water partition coefficient (Wildman–Crippen LogP) is -0.250. The number of fused-ring (bicyclic) bond motifs is 1. The van der Waals surface area contributed by atoms with E-state index in [-0.39, 0.29) is 6.61 Å². The fourth-order valence-corrected chi connectivity index (χ4v) is 2.71. The van der Waals surface area contributed by atoms with Crippen LogP contribution >= 0.6 is 0 Å². The van der Waals surface area contributed by atoms with Crippen LogP contribution in [0, 0.1) is 0 Å². The number of hydrogen-bond donors (Lipinski definition) is 2. The summed E-state index contributed by atoms with van der Waals surface area (Å²) in [6, 6.07) is 0. The average molecular weight is 216 g/mol. The summed E-state index contributed by atoms with van der Waals surface area (Å²) in [7, 11) is 0. The van der Waals surface area contributed by atoms with Crippen molar-refractivity contribution in [1.82, 2.24) is 0 Å². The first-order chi connectivity index (χ1) is 7.24. The Labute approximate surface area is 87.9 Å². The van der Waals surface area contributed by atoms with Gasteiger partial charge in [-0.3, -0.25) is 0 Å². The summed E-state index contributed by atoms with van der Waals surface area (Å²) in [6.45, 7) is -0.201. The lowest BCUT2D eigenvalue weighted by molar-refractivity contribution is -0.232. The van der Waals surface area contributed by atoms with Crippen molar-refractivity contribution >= 4 is 0 Å². The highest BCUT2D eigenvalue weighted by molar-refractivity contribution is 4.96. The molecule has 86 valence electrons. The van der Waals surface area contributed by atoms with Gasteiger partial charge in [0, 0.05) is 12.8 Å². The molecule has 15 heavy (non-hydrogen) atoms.